The molecular formula is C20H29N3OS. The third kappa shape index (κ3) is 5.85. The lowest BCUT2D eigenvalue weighted by Crippen LogP contribution is -2.30. The predicted molar refractivity (Wildman–Crippen MR) is 107 cm³/mol. The fourth-order valence-electron chi connectivity index (χ4n) is 2.87. The third-order valence-electron chi connectivity index (χ3n) is 4.19. The Bertz CT molecular complexity index is 664. The Labute approximate surface area is 155 Å². The van der Waals surface area contributed by atoms with Crippen LogP contribution in [-0.2, 0) is 6.42 Å². The van der Waals surface area contributed by atoms with Crippen LogP contribution in [0.25, 0.3) is 0 Å². The lowest BCUT2D eigenvalue weighted by Gasteiger charge is -2.27. The highest BCUT2D eigenvalue weighted by atomic mass is 32.1. The number of benzene rings is 1. The maximum absolute atomic E-state index is 12.2. The summed E-state index contributed by atoms with van der Waals surface area (Å²) in [5.74, 6) is 0.00392. The van der Waals surface area contributed by atoms with Gasteiger partial charge in [-0.25, -0.2) is 4.98 Å². The number of rotatable bonds is 9. The van der Waals surface area contributed by atoms with Gasteiger partial charge in [-0.1, -0.05) is 0 Å². The van der Waals surface area contributed by atoms with Crippen LogP contribution in [0.1, 0.15) is 54.7 Å². The largest absolute Gasteiger partial charge is 0.369 e. The summed E-state index contributed by atoms with van der Waals surface area (Å²) >= 11 is 1.72. The number of nitrogens with one attached hydrogen (secondary N) is 1. The van der Waals surface area contributed by atoms with Gasteiger partial charge in [0.05, 0.1) is 5.01 Å². The minimum Gasteiger partial charge on any atom is -0.369 e. The monoisotopic (exact) mass is 359 g/mol. The van der Waals surface area contributed by atoms with Crippen LogP contribution in [0.5, 0.6) is 0 Å². The molecule has 0 bridgehead atoms. The molecule has 0 saturated carbocycles. The quantitative estimate of drug-likeness (QED) is 0.673. The molecule has 5 heteroatoms. The van der Waals surface area contributed by atoms with Gasteiger partial charge in [-0.2, -0.15) is 0 Å². The fraction of sp³-hybridized carbons (Fsp3) is 0.500. The molecule has 1 N–H and O–H groups in total. The van der Waals surface area contributed by atoms with E-state index in [9.17, 15) is 4.79 Å². The molecule has 25 heavy (non-hydrogen) atoms. The van der Waals surface area contributed by atoms with E-state index in [1.807, 2.05) is 31.2 Å². The summed E-state index contributed by atoms with van der Waals surface area (Å²) in [5.41, 5.74) is 2.97. The maximum Gasteiger partial charge on any atom is 0.251 e. The van der Waals surface area contributed by atoms with E-state index in [0.29, 0.717) is 12.6 Å². The van der Waals surface area contributed by atoms with Crippen molar-refractivity contribution in [3.05, 3.63) is 45.9 Å². The van der Waals surface area contributed by atoms with Crippen molar-refractivity contribution in [2.45, 2.75) is 53.0 Å². The Balaban J connectivity index is 1.75. The first-order valence-corrected chi connectivity index (χ1v) is 9.95. The number of nitrogens with zero attached hydrogens (tertiary/aromatic N) is 2. The molecule has 0 aliphatic carbocycles. The van der Waals surface area contributed by atoms with Crippen molar-refractivity contribution in [3.63, 3.8) is 0 Å². The van der Waals surface area contributed by atoms with Gasteiger partial charge in [-0.3, -0.25) is 4.79 Å². The Morgan fingerprint density at radius 1 is 1.24 bits per heavy atom. The minimum absolute atomic E-state index is 0.00392. The fourth-order valence-corrected chi connectivity index (χ4v) is 3.69. The number of amides is 1. The van der Waals surface area contributed by atoms with Crippen LogP contribution in [0, 0.1) is 6.92 Å². The minimum atomic E-state index is 0.00392. The standard InChI is InChI=1S/C20H29N3OS/c1-5-23(15(2)3)18-11-9-17(10-12-18)20(24)21-13-7-6-8-19-22-16(4)14-25-19/h9-12,14-15H,5-8,13H2,1-4H3,(H,21,24). The average Bonchev–Trinajstić information content (AvgIpc) is 3.00. The van der Waals surface area contributed by atoms with Gasteiger partial charge < -0.3 is 10.2 Å². The van der Waals surface area contributed by atoms with E-state index in [0.717, 1.165) is 42.8 Å². The molecule has 0 unspecified atom stereocenters. The zero-order valence-corrected chi connectivity index (χ0v) is 16.5. The molecule has 2 rings (SSSR count). The van der Waals surface area contributed by atoms with Gasteiger partial charge >= 0.3 is 0 Å². The lowest BCUT2D eigenvalue weighted by molar-refractivity contribution is 0.0953. The van der Waals surface area contributed by atoms with E-state index in [1.54, 1.807) is 11.3 Å². The smallest absolute Gasteiger partial charge is 0.251 e. The van der Waals surface area contributed by atoms with E-state index in [-0.39, 0.29) is 5.91 Å². The van der Waals surface area contributed by atoms with E-state index in [2.05, 4.69) is 41.4 Å². The van der Waals surface area contributed by atoms with Crippen molar-refractivity contribution in [2.75, 3.05) is 18.0 Å². The van der Waals surface area contributed by atoms with Crippen LogP contribution in [0.4, 0.5) is 5.69 Å². The van der Waals surface area contributed by atoms with Crippen LogP contribution in [0.15, 0.2) is 29.6 Å². The number of anilines is 1. The molecule has 0 atom stereocenters. The lowest BCUT2D eigenvalue weighted by atomic mass is 10.1. The van der Waals surface area contributed by atoms with Crippen molar-refractivity contribution in [2.24, 2.45) is 0 Å². The molecule has 4 nitrogen and oxygen atoms in total. The summed E-state index contributed by atoms with van der Waals surface area (Å²) in [4.78, 5) is 19.0. The summed E-state index contributed by atoms with van der Waals surface area (Å²) in [6.45, 7) is 10.2. The van der Waals surface area contributed by atoms with Crippen molar-refractivity contribution < 1.29 is 4.79 Å². The molecule has 0 saturated heterocycles. The van der Waals surface area contributed by atoms with Crippen LogP contribution in [-0.4, -0.2) is 30.0 Å². The van der Waals surface area contributed by atoms with E-state index in [4.69, 9.17) is 0 Å². The second-order valence-electron chi connectivity index (χ2n) is 6.52. The summed E-state index contributed by atoms with van der Waals surface area (Å²) in [7, 11) is 0. The van der Waals surface area contributed by atoms with Gasteiger partial charge in [0.15, 0.2) is 0 Å². The van der Waals surface area contributed by atoms with Crippen LogP contribution >= 0.6 is 11.3 Å². The molecule has 1 aromatic carbocycles. The Hall–Kier alpha value is -1.88. The zero-order chi connectivity index (χ0) is 18.2. The molecule has 1 amide bonds. The molecule has 0 spiro atoms. The normalized spacial score (nSPS) is 10.9. The second-order valence-corrected chi connectivity index (χ2v) is 7.46. The summed E-state index contributed by atoms with van der Waals surface area (Å²) in [6.07, 6.45) is 3.01. The molecule has 0 aliphatic heterocycles. The van der Waals surface area contributed by atoms with Crippen LogP contribution < -0.4 is 10.2 Å². The molecule has 0 radical (unpaired) electrons. The number of aryl methyl sites for hydroxylation is 2. The van der Waals surface area contributed by atoms with Gasteiger partial charge in [0.2, 0.25) is 0 Å². The number of carbonyl (C=O) groups excluding carboxylic acids is 1. The Morgan fingerprint density at radius 2 is 1.96 bits per heavy atom. The molecule has 1 aromatic heterocycles. The van der Waals surface area contributed by atoms with E-state index in [1.165, 1.54) is 5.01 Å². The van der Waals surface area contributed by atoms with Crippen LogP contribution in [0.2, 0.25) is 0 Å². The van der Waals surface area contributed by atoms with Crippen molar-refractivity contribution in [1.29, 1.82) is 0 Å². The number of aromatic nitrogens is 1. The number of unbranched alkanes of at least 4 members (excludes halogenated alkanes) is 1. The highest BCUT2D eigenvalue weighted by Gasteiger charge is 2.10. The first kappa shape index (κ1) is 19.4. The van der Waals surface area contributed by atoms with Crippen molar-refractivity contribution >= 4 is 22.9 Å². The second kappa shape index (κ2) is 9.56. The first-order chi connectivity index (χ1) is 12.0. The van der Waals surface area contributed by atoms with E-state index < -0.39 is 0 Å². The number of hydrogen-bond acceptors (Lipinski definition) is 4. The van der Waals surface area contributed by atoms with Crippen molar-refractivity contribution in [1.82, 2.24) is 10.3 Å². The molecule has 136 valence electrons. The highest BCUT2D eigenvalue weighted by Crippen LogP contribution is 2.17. The predicted octanol–water partition coefficient (Wildman–Crippen LogP) is 4.44. The van der Waals surface area contributed by atoms with Crippen molar-refractivity contribution in [3.8, 4) is 0 Å². The van der Waals surface area contributed by atoms with Gasteiger partial charge in [-0.05, 0) is 71.2 Å². The Kier molecular flexibility index (Phi) is 7.44. The maximum atomic E-state index is 12.2. The Morgan fingerprint density at radius 3 is 2.52 bits per heavy atom. The third-order valence-corrected chi connectivity index (χ3v) is 5.22. The zero-order valence-electron chi connectivity index (χ0n) is 15.7. The number of thiazole rings is 1. The molecule has 0 fully saturated rings. The van der Waals surface area contributed by atoms with Gasteiger partial charge in [0.25, 0.3) is 5.91 Å². The first-order valence-electron chi connectivity index (χ1n) is 9.07. The van der Waals surface area contributed by atoms with Gasteiger partial charge in [-0.15, -0.1) is 11.3 Å². The molecule has 1 heterocycles. The van der Waals surface area contributed by atoms with Crippen LogP contribution in [0.3, 0.4) is 0 Å². The average molecular weight is 360 g/mol. The molecule has 2 aromatic rings. The summed E-state index contributed by atoms with van der Waals surface area (Å²) in [6, 6.07) is 8.33. The topological polar surface area (TPSA) is 45.2 Å². The number of carbonyl (C=O) groups is 1. The van der Waals surface area contributed by atoms with Gasteiger partial charge in [0, 0.05) is 41.5 Å². The summed E-state index contributed by atoms with van der Waals surface area (Å²) in [5, 5.41) is 6.27. The summed E-state index contributed by atoms with van der Waals surface area (Å²) < 4.78 is 0. The molecule has 0 aliphatic rings. The van der Waals surface area contributed by atoms with Gasteiger partial charge in [0.1, 0.15) is 0 Å². The highest BCUT2D eigenvalue weighted by molar-refractivity contribution is 7.09. The number of hydrogen-bond donors (Lipinski definition) is 1. The molecular weight excluding hydrogens is 330 g/mol. The van der Waals surface area contributed by atoms with E-state index >= 15 is 0 Å². The SMILES string of the molecule is CCN(c1ccc(C(=O)NCCCCc2nc(C)cs2)cc1)C(C)C.